The second kappa shape index (κ2) is 7.03. The molecule has 0 amide bonds. The molecule has 3 aromatic rings. The van der Waals surface area contributed by atoms with E-state index in [2.05, 4.69) is 18.8 Å². The topological polar surface area (TPSA) is 73.1 Å². The Balaban J connectivity index is 2.21. The van der Waals surface area contributed by atoms with Crippen LogP contribution in [-0.4, -0.2) is 38.3 Å². The van der Waals surface area contributed by atoms with Gasteiger partial charge < -0.3 is 14.4 Å². The summed E-state index contributed by atoms with van der Waals surface area (Å²) in [6, 6.07) is 3.97. The Morgan fingerprint density at radius 3 is 2.46 bits per heavy atom. The van der Waals surface area contributed by atoms with Crippen LogP contribution in [0.1, 0.15) is 49.7 Å². The molecule has 0 aliphatic rings. The van der Waals surface area contributed by atoms with E-state index in [-0.39, 0.29) is 12.6 Å². The lowest BCUT2D eigenvalue weighted by molar-refractivity contribution is 0.241. The Morgan fingerprint density at radius 1 is 1.12 bits per heavy atom. The minimum Gasteiger partial charge on any atom is -0.480 e. The molecule has 6 nitrogen and oxygen atoms in total. The highest BCUT2D eigenvalue weighted by molar-refractivity contribution is 5.80. The summed E-state index contributed by atoms with van der Waals surface area (Å²) in [7, 11) is 1.63. The first-order chi connectivity index (χ1) is 12.4. The average Bonchev–Trinajstić information content (AvgIpc) is 2.95. The van der Waals surface area contributed by atoms with Gasteiger partial charge in [0.2, 0.25) is 5.88 Å². The maximum absolute atomic E-state index is 9.50. The monoisotopic (exact) mass is 354 g/mol. The fourth-order valence-corrected chi connectivity index (χ4v) is 3.07. The van der Waals surface area contributed by atoms with Crippen molar-refractivity contribution >= 4 is 11.2 Å². The maximum atomic E-state index is 9.50. The van der Waals surface area contributed by atoms with Crippen molar-refractivity contribution < 1.29 is 9.84 Å². The van der Waals surface area contributed by atoms with Gasteiger partial charge in [-0.15, -0.1) is 0 Å². The van der Waals surface area contributed by atoms with Crippen molar-refractivity contribution in [2.24, 2.45) is 0 Å². The summed E-state index contributed by atoms with van der Waals surface area (Å²) in [5.74, 6) is 0.887. The molecule has 1 N–H and O–H groups in total. The molecule has 3 heterocycles. The number of nitrogens with zero attached hydrogens (tertiary/aromatic N) is 4. The predicted octanol–water partition coefficient (Wildman–Crippen LogP) is 3.80. The number of pyridine rings is 1. The van der Waals surface area contributed by atoms with E-state index < -0.39 is 0 Å². The normalized spacial score (nSPS) is 12.8. The van der Waals surface area contributed by atoms with Crippen LogP contribution >= 0.6 is 0 Å². The van der Waals surface area contributed by atoms with Crippen LogP contribution in [0.2, 0.25) is 0 Å². The van der Waals surface area contributed by atoms with Crippen LogP contribution in [0.15, 0.2) is 18.3 Å². The summed E-state index contributed by atoms with van der Waals surface area (Å²) in [5, 5.41) is 9.50. The lowest BCUT2D eigenvalue weighted by Gasteiger charge is -2.14. The number of aromatic nitrogens is 4. The Kier molecular flexibility index (Phi) is 4.96. The Hall–Kier alpha value is -2.47. The first kappa shape index (κ1) is 18.3. The first-order valence-electron chi connectivity index (χ1n) is 8.89. The Morgan fingerprint density at radius 2 is 1.85 bits per heavy atom. The van der Waals surface area contributed by atoms with E-state index in [1.54, 1.807) is 7.11 Å². The van der Waals surface area contributed by atoms with Gasteiger partial charge in [-0.1, -0.05) is 13.8 Å². The van der Waals surface area contributed by atoms with Crippen molar-refractivity contribution in [1.29, 1.82) is 0 Å². The molecule has 6 heteroatoms. The maximum Gasteiger partial charge on any atom is 0.222 e. The van der Waals surface area contributed by atoms with Gasteiger partial charge in [0.05, 0.1) is 36.7 Å². The fraction of sp³-hybridized carbons (Fsp3) is 0.450. The number of aryl methyl sites for hydroxylation is 2. The van der Waals surface area contributed by atoms with Crippen LogP contribution in [0.25, 0.3) is 22.4 Å². The molecule has 0 aliphatic carbocycles. The third-order valence-electron chi connectivity index (χ3n) is 4.66. The first-order valence-corrected chi connectivity index (χ1v) is 8.89. The molecule has 0 aromatic carbocycles. The molecule has 0 fully saturated rings. The van der Waals surface area contributed by atoms with Crippen LogP contribution in [-0.2, 0) is 0 Å². The SMILES string of the molecule is COc1nc(C(C)C)ccc1-c1nc2c(C)cn(C(C)CO)c2nc1C. The highest BCUT2D eigenvalue weighted by Gasteiger charge is 2.19. The smallest absolute Gasteiger partial charge is 0.222 e. The molecular weight excluding hydrogens is 328 g/mol. The second-order valence-corrected chi connectivity index (χ2v) is 7.03. The molecule has 3 aromatic heterocycles. The molecule has 1 unspecified atom stereocenters. The van der Waals surface area contributed by atoms with Crippen molar-refractivity contribution in [3.63, 3.8) is 0 Å². The van der Waals surface area contributed by atoms with Crippen LogP contribution in [0.3, 0.4) is 0 Å². The van der Waals surface area contributed by atoms with Gasteiger partial charge in [0, 0.05) is 11.9 Å². The van der Waals surface area contributed by atoms with Gasteiger partial charge in [0.15, 0.2) is 5.65 Å². The second-order valence-electron chi connectivity index (χ2n) is 7.03. The molecule has 0 bridgehead atoms. The third-order valence-corrected chi connectivity index (χ3v) is 4.66. The number of rotatable bonds is 5. The van der Waals surface area contributed by atoms with Gasteiger partial charge in [-0.2, -0.15) is 0 Å². The number of aliphatic hydroxyl groups excluding tert-OH is 1. The van der Waals surface area contributed by atoms with Crippen molar-refractivity contribution in [2.75, 3.05) is 13.7 Å². The lowest BCUT2D eigenvalue weighted by atomic mass is 10.1. The van der Waals surface area contributed by atoms with E-state index in [4.69, 9.17) is 14.7 Å². The fourth-order valence-electron chi connectivity index (χ4n) is 3.07. The molecule has 0 saturated carbocycles. The van der Waals surface area contributed by atoms with Crippen molar-refractivity contribution in [1.82, 2.24) is 19.5 Å². The van der Waals surface area contributed by atoms with E-state index in [0.29, 0.717) is 11.8 Å². The molecule has 0 radical (unpaired) electrons. The average molecular weight is 354 g/mol. The number of hydrogen-bond donors (Lipinski definition) is 1. The van der Waals surface area contributed by atoms with Crippen molar-refractivity contribution in [3.8, 4) is 17.1 Å². The summed E-state index contributed by atoms with van der Waals surface area (Å²) in [5.41, 5.74) is 6.05. The van der Waals surface area contributed by atoms with E-state index in [1.165, 1.54) is 0 Å². The molecule has 0 aliphatic heterocycles. The molecule has 1 atom stereocenters. The van der Waals surface area contributed by atoms with E-state index in [1.807, 2.05) is 43.7 Å². The molecule has 138 valence electrons. The molecule has 3 rings (SSSR count). The van der Waals surface area contributed by atoms with Crippen LogP contribution in [0.5, 0.6) is 5.88 Å². The van der Waals surface area contributed by atoms with Crippen molar-refractivity contribution in [2.45, 2.75) is 46.6 Å². The lowest BCUT2D eigenvalue weighted by Crippen LogP contribution is -2.09. The highest BCUT2D eigenvalue weighted by atomic mass is 16.5. The van der Waals surface area contributed by atoms with Gasteiger partial charge in [0.1, 0.15) is 5.52 Å². The van der Waals surface area contributed by atoms with E-state index in [0.717, 1.165) is 39.4 Å². The molecule has 26 heavy (non-hydrogen) atoms. The number of ether oxygens (including phenoxy) is 1. The molecule has 0 spiro atoms. The van der Waals surface area contributed by atoms with E-state index >= 15 is 0 Å². The minimum atomic E-state index is -0.0488. The molecular formula is C20H26N4O2. The zero-order valence-electron chi connectivity index (χ0n) is 16.2. The third kappa shape index (κ3) is 3.05. The number of aliphatic hydroxyl groups is 1. The van der Waals surface area contributed by atoms with Gasteiger partial charge >= 0.3 is 0 Å². The number of methoxy groups -OCH3 is 1. The van der Waals surface area contributed by atoms with Crippen LogP contribution in [0, 0.1) is 13.8 Å². The predicted molar refractivity (Wildman–Crippen MR) is 103 cm³/mol. The summed E-state index contributed by atoms with van der Waals surface area (Å²) in [6.07, 6.45) is 1.99. The largest absolute Gasteiger partial charge is 0.480 e. The number of fused-ring (bicyclic) bond motifs is 1. The minimum absolute atomic E-state index is 0.0488. The zero-order valence-corrected chi connectivity index (χ0v) is 16.2. The van der Waals surface area contributed by atoms with Gasteiger partial charge in [-0.3, -0.25) is 0 Å². The van der Waals surface area contributed by atoms with Gasteiger partial charge in [0.25, 0.3) is 0 Å². The Bertz CT molecular complexity index is 947. The van der Waals surface area contributed by atoms with Crippen LogP contribution < -0.4 is 4.74 Å². The summed E-state index contributed by atoms with van der Waals surface area (Å²) in [6.45, 7) is 10.2. The Labute approximate surface area is 153 Å². The van der Waals surface area contributed by atoms with Gasteiger partial charge in [-0.05, 0) is 44.4 Å². The van der Waals surface area contributed by atoms with Crippen molar-refractivity contribution in [3.05, 3.63) is 35.3 Å². The number of hydrogen-bond acceptors (Lipinski definition) is 5. The van der Waals surface area contributed by atoms with Crippen LogP contribution in [0.4, 0.5) is 0 Å². The summed E-state index contributed by atoms with van der Waals surface area (Å²) >= 11 is 0. The summed E-state index contributed by atoms with van der Waals surface area (Å²) < 4.78 is 7.51. The van der Waals surface area contributed by atoms with E-state index in [9.17, 15) is 5.11 Å². The zero-order chi connectivity index (χ0) is 19.0. The quantitative estimate of drug-likeness (QED) is 0.754. The van der Waals surface area contributed by atoms with Gasteiger partial charge in [-0.25, -0.2) is 15.0 Å². The molecule has 0 saturated heterocycles. The standard InChI is InChI=1S/C20H26N4O2/c1-11(2)16-8-7-15(20(22-16)26-6)18-14(5)21-19-17(23-18)12(3)9-24(19)13(4)10-25/h7-9,11,13,25H,10H2,1-6H3. The summed E-state index contributed by atoms with van der Waals surface area (Å²) in [4.78, 5) is 14.3. The highest BCUT2D eigenvalue weighted by Crippen LogP contribution is 2.32.